The van der Waals surface area contributed by atoms with Crippen molar-refractivity contribution in [2.45, 2.75) is 31.7 Å². The summed E-state index contributed by atoms with van der Waals surface area (Å²) < 4.78 is 5.61. The number of rotatable bonds is 6. The predicted octanol–water partition coefficient (Wildman–Crippen LogP) is 4.12. The number of anilines is 2. The number of methoxy groups -OCH3 is 1. The van der Waals surface area contributed by atoms with Crippen LogP contribution < -0.4 is 9.80 Å². The summed E-state index contributed by atoms with van der Waals surface area (Å²) in [5.74, 6) is 0.154. The Morgan fingerprint density at radius 3 is 2.15 bits per heavy atom. The average Bonchev–Trinajstić information content (AvgIpc) is 2.70. The van der Waals surface area contributed by atoms with Crippen molar-refractivity contribution in [2.24, 2.45) is 0 Å². The summed E-state index contributed by atoms with van der Waals surface area (Å²) in [4.78, 5) is 17.3. The van der Waals surface area contributed by atoms with Crippen molar-refractivity contribution in [3.63, 3.8) is 0 Å². The van der Waals surface area contributed by atoms with Gasteiger partial charge < -0.3 is 14.5 Å². The molecule has 0 spiro atoms. The molecule has 0 saturated carbocycles. The lowest BCUT2D eigenvalue weighted by atomic mass is 9.85. The highest BCUT2D eigenvalue weighted by Crippen LogP contribution is 2.35. The standard InChI is InChI=1S/C22H28N2O2/c1-3-21(25)24(20-12-8-5-9-13-20)22(18-26-2)14-16-23(17-15-22)19-10-6-4-7-11-19/h4-13H,3,14-18H2,1-2H3. The van der Waals surface area contributed by atoms with Gasteiger partial charge in [-0.25, -0.2) is 0 Å². The number of carbonyl (C=O) groups is 1. The van der Waals surface area contributed by atoms with Crippen LogP contribution in [0.15, 0.2) is 60.7 Å². The highest BCUT2D eigenvalue weighted by atomic mass is 16.5. The van der Waals surface area contributed by atoms with Crippen molar-refractivity contribution >= 4 is 17.3 Å². The Kier molecular flexibility index (Phi) is 5.94. The van der Waals surface area contributed by atoms with Crippen molar-refractivity contribution in [3.05, 3.63) is 60.7 Å². The van der Waals surface area contributed by atoms with E-state index in [9.17, 15) is 4.79 Å². The molecule has 2 aromatic carbocycles. The zero-order chi connectivity index (χ0) is 18.4. The first-order chi connectivity index (χ1) is 12.7. The molecule has 2 aromatic rings. The fourth-order valence-corrected chi connectivity index (χ4v) is 3.94. The number of nitrogens with zero attached hydrogens (tertiary/aromatic N) is 2. The fraction of sp³-hybridized carbons (Fsp3) is 0.409. The molecule has 1 fully saturated rings. The Morgan fingerprint density at radius 1 is 1.04 bits per heavy atom. The molecule has 26 heavy (non-hydrogen) atoms. The minimum Gasteiger partial charge on any atom is -0.382 e. The first-order valence-electron chi connectivity index (χ1n) is 9.37. The molecule has 0 unspecified atom stereocenters. The normalized spacial score (nSPS) is 16.3. The lowest BCUT2D eigenvalue weighted by Crippen LogP contribution is -2.60. The molecule has 4 nitrogen and oxygen atoms in total. The second kappa shape index (κ2) is 8.37. The third-order valence-electron chi connectivity index (χ3n) is 5.27. The van der Waals surface area contributed by atoms with Crippen LogP contribution in [0, 0.1) is 0 Å². The van der Waals surface area contributed by atoms with E-state index in [1.165, 1.54) is 5.69 Å². The molecule has 0 N–H and O–H groups in total. The Labute approximate surface area is 156 Å². The largest absolute Gasteiger partial charge is 0.382 e. The number of carbonyl (C=O) groups excluding carboxylic acids is 1. The molecular formula is C22H28N2O2. The summed E-state index contributed by atoms with van der Waals surface area (Å²) in [6.45, 7) is 4.30. The van der Waals surface area contributed by atoms with Crippen LogP contribution in [-0.4, -0.2) is 38.3 Å². The summed E-state index contributed by atoms with van der Waals surface area (Å²) in [5, 5.41) is 0. The van der Waals surface area contributed by atoms with E-state index in [2.05, 4.69) is 29.2 Å². The second-order valence-electron chi connectivity index (χ2n) is 6.90. The molecule has 1 aliphatic heterocycles. The fourth-order valence-electron chi connectivity index (χ4n) is 3.94. The third kappa shape index (κ3) is 3.75. The molecule has 0 aliphatic carbocycles. The molecule has 1 aliphatic rings. The van der Waals surface area contributed by atoms with Crippen LogP contribution in [0.2, 0.25) is 0 Å². The number of para-hydroxylation sites is 2. The maximum atomic E-state index is 12.9. The van der Waals surface area contributed by atoms with Crippen molar-refractivity contribution in [1.82, 2.24) is 0 Å². The van der Waals surface area contributed by atoms with E-state index in [1.54, 1.807) is 7.11 Å². The van der Waals surface area contributed by atoms with Gasteiger partial charge in [0, 0.05) is 38.0 Å². The van der Waals surface area contributed by atoms with Gasteiger partial charge in [0.1, 0.15) is 0 Å². The highest BCUT2D eigenvalue weighted by Gasteiger charge is 2.43. The first kappa shape index (κ1) is 18.5. The van der Waals surface area contributed by atoms with E-state index in [0.29, 0.717) is 13.0 Å². The molecule has 1 saturated heterocycles. The topological polar surface area (TPSA) is 32.8 Å². The Balaban J connectivity index is 1.88. The molecule has 0 atom stereocenters. The molecule has 1 heterocycles. The van der Waals surface area contributed by atoms with Crippen molar-refractivity contribution in [2.75, 3.05) is 36.6 Å². The Bertz CT molecular complexity index is 695. The van der Waals surface area contributed by atoms with Crippen LogP contribution >= 0.6 is 0 Å². The minimum absolute atomic E-state index is 0.154. The lowest BCUT2D eigenvalue weighted by Gasteiger charge is -2.49. The zero-order valence-electron chi connectivity index (χ0n) is 15.7. The Morgan fingerprint density at radius 2 is 1.62 bits per heavy atom. The molecule has 0 radical (unpaired) electrons. The maximum absolute atomic E-state index is 12.9. The van der Waals surface area contributed by atoms with E-state index < -0.39 is 0 Å². The summed E-state index contributed by atoms with van der Waals surface area (Å²) in [6, 6.07) is 20.5. The molecule has 4 heteroatoms. The van der Waals surface area contributed by atoms with E-state index >= 15 is 0 Å². The first-order valence-corrected chi connectivity index (χ1v) is 9.37. The number of amides is 1. The van der Waals surface area contributed by atoms with Crippen LogP contribution in [0.25, 0.3) is 0 Å². The molecule has 138 valence electrons. The molecular weight excluding hydrogens is 324 g/mol. The van der Waals surface area contributed by atoms with Gasteiger partial charge in [0.05, 0.1) is 12.1 Å². The average molecular weight is 352 g/mol. The van der Waals surface area contributed by atoms with Gasteiger partial charge in [-0.15, -0.1) is 0 Å². The molecule has 0 aromatic heterocycles. The molecule has 0 bridgehead atoms. The summed E-state index contributed by atoms with van der Waals surface area (Å²) in [5.41, 5.74) is 1.91. The van der Waals surface area contributed by atoms with Crippen LogP contribution in [0.5, 0.6) is 0 Å². The summed E-state index contributed by atoms with van der Waals surface area (Å²) >= 11 is 0. The number of hydrogen-bond acceptors (Lipinski definition) is 3. The van der Waals surface area contributed by atoms with E-state index in [1.807, 2.05) is 48.2 Å². The van der Waals surface area contributed by atoms with Gasteiger partial charge >= 0.3 is 0 Å². The van der Waals surface area contributed by atoms with Crippen LogP contribution in [0.1, 0.15) is 26.2 Å². The van der Waals surface area contributed by atoms with E-state index in [0.717, 1.165) is 31.6 Å². The Hall–Kier alpha value is -2.33. The zero-order valence-corrected chi connectivity index (χ0v) is 15.7. The van der Waals surface area contributed by atoms with Gasteiger partial charge in [0.2, 0.25) is 5.91 Å². The number of ether oxygens (including phenoxy) is 1. The number of piperidine rings is 1. The van der Waals surface area contributed by atoms with Crippen molar-refractivity contribution in [3.8, 4) is 0 Å². The lowest BCUT2D eigenvalue weighted by molar-refractivity contribution is -0.120. The van der Waals surface area contributed by atoms with Crippen LogP contribution in [0.4, 0.5) is 11.4 Å². The smallest absolute Gasteiger partial charge is 0.227 e. The van der Waals surface area contributed by atoms with Gasteiger partial charge in [-0.1, -0.05) is 43.3 Å². The summed E-state index contributed by atoms with van der Waals surface area (Å²) in [6.07, 6.45) is 2.26. The van der Waals surface area contributed by atoms with Crippen LogP contribution in [0.3, 0.4) is 0 Å². The number of benzene rings is 2. The predicted molar refractivity (Wildman–Crippen MR) is 107 cm³/mol. The van der Waals surface area contributed by atoms with Crippen molar-refractivity contribution in [1.29, 1.82) is 0 Å². The van der Waals surface area contributed by atoms with E-state index in [-0.39, 0.29) is 11.4 Å². The van der Waals surface area contributed by atoms with Crippen LogP contribution in [-0.2, 0) is 9.53 Å². The minimum atomic E-state index is -0.297. The quantitative estimate of drug-likeness (QED) is 0.784. The third-order valence-corrected chi connectivity index (χ3v) is 5.27. The van der Waals surface area contributed by atoms with E-state index in [4.69, 9.17) is 4.74 Å². The SMILES string of the molecule is CCC(=O)N(c1ccccc1)C1(COC)CCN(c2ccccc2)CC1. The highest BCUT2D eigenvalue weighted by molar-refractivity contribution is 5.94. The van der Waals surface area contributed by atoms with Gasteiger partial charge in [0.15, 0.2) is 0 Å². The summed E-state index contributed by atoms with van der Waals surface area (Å²) in [7, 11) is 1.73. The molecule has 3 rings (SSSR count). The number of hydrogen-bond donors (Lipinski definition) is 0. The second-order valence-corrected chi connectivity index (χ2v) is 6.90. The van der Waals surface area contributed by atoms with Crippen molar-refractivity contribution < 1.29 is 9.53 Å². The van der Waals surface area contributed by atoms with Gasteiger partial charge in [0.25, 0.3) is 0 Å². The van der Waals surface area contributed by atoms with Gasteiger partial charge in [-0.3, -0.25) is 4.79 Å². The maximum Gasteiger partial charge on any atom is 0.227 e. The van der Waals surface area contributed by atoms with Gasteiger partial charge in [-0.05, 0) is 37.1 Å². The monoisotopic (exact) mass is 352 g/mol. The van der Waals surface area contributed by atoms with Gasteiger partial charge in [-0.2, -0.15) is 0 Å². The molecule has 1 amide bonds.